The molecule has 1 saturated heterocycles. The third-order valence-corrected chi connectivity index (χ3v) is 4.27. The molecular weight excluding hydrogens is 433 g/mol. The van der Waals surface area contributed by atoms with Gasteiger partial charge in [-0.25, -0.2) is 4.79 Å². The van der Waals surface area contributed by atoms with E-state index >= 15 is 0 Å². The van der Waals surface area contributed by atoms with Crippen LogP contribution in [0.5, 0.6) is 0 Å². The van der Waals surface area contributed by atoms with Crippen LogP contribution in [0.25, 0.3) is 0 Å². The highest BCUT2D eigenvalue weighted by Crippen LogP contribution is 2.21. The van der Waals surface area contributed by atoms with Gasteiger partial charge in [0.25, 0.3) is 11.7 Å². The number of likely N-dealkylation sites (tertiary alicyclic amines) is 1. The van der Waals surface area contributed by atoms with Crippen molar-refractivity contribution in [3.05, 3.63) is 41.0 Å². The fourth-order valence-corrected chi connectivity index (χ4v) is 2.71. The standard InChI is InChI=1S/C17H16BrF3N2O4/c18-11-3-5-12(6-4-11)22-15(25)10-27-16(26)13-2-1-8-23(13)9-7-14(24)17(19,20)21/h3-7,9,13H,1-2,8,10H2,(H,22,25)/b9-7+. The van der Waals surface area contributed by atoms with E-state index in [2.05, 4.69) is 21.2 Å². The van der Waals surface area contributed by atoms with E-state index < -0.39 is 36.5 Å². The first-order valence-electron chi connectivity index (χ1n) is 7.94. The van der Waals surface area contributed by atoms with Crippen LogP contribution in [0.15, 0.2) is 41.0 Å². The number of benzene rings is 1. The fraction of sp³-hybridized carbons (Fsp3) is 0.353. The van der Waals surface area contributed by atoms with Gasteiger partial charge in [0.2, 0.25) is 0 Å². The first kappa shape index (κ1) is 20.9. The number of hydrogen-bond donors (Lipinski definition) is 1. The van der Waals surface area contributed by atoms with E-state index in [0.717, 1.165) is 10.7 Å². The summed E-state index contributed by atoms with van der Waals surface area (Å²) >= 11 is 3.26. The SMILES string of the molecule is O=C(COC(=O)C1CCCN1/C=C/C(=O)C(F)(F)F)Nc1ccc(Br)cc1. The lowest BCUT2D eigenvalue weighted by molar-refractivity contribution is -0.165. The van der Waals surface area contributed by atoms with E-state index in [-0.39, 0.29) is 0 Å². The lowest BCUT2D eigenvalue weighted by Crippen LogP contribution is -2.35. The number of hydrogen-bond acceptors (Lipinski definition) is 5. The molecule has 1 aromatic rings. The van der Waals surface area contributed by atoms with Crippen molar-refractivity contribution in [1.82, 2.24) is 4.90 Å². The molecule has 1 N–H and O–H groups in total. The predicted molar refractivity (Wildman–Crippen MR) is 93.7 cm³/mol. The van der Waals surface area contributed by atoms with Crippen LogP contribution in [0, 0.1) is 0 Å². The quantitative estimate of drug-likeness (QED) is 0.534. The summed E-state index contributed by atoms with van der Waals surface area (Å²) in [6.45, 7) is -0.211. The monoisotopic (exact) mass is 448 g/mol. The van der Waals surface area contributed by atoms with Crippen LogP contribution in [0.4, 0.5) is 18.9 Å². The van der Waals surface area contributed by atoms with Gasteiger partial charge in [0.15, 0.2) is 6.61 Å². The lowest BCUT2D eigenvalue weighted by Gasteiger charge is -2.21. The van der Waals surface area contributed by atoms with E-state index in [4.69, 9.17) is 4.74 Å². The van der Waals surface area contributed by atoms with Crippen LogP contribution in [-0.2, 0) is 19.1 Å². The van der Waals surface area contributed by atoms with Gasteiger partial charge in [-0.2, -0.15) is 13.2 Å². The van der Waals surface area contributed by atoms with E-state index in [0.29, 0.717) is 31.1 Å². The summed E-state index contributed by atoms with van der Waals surface area (Å²) in [5, 5.41) is 2.55. The average Bonchev–Trinajstić information content (AvgIpc) is 3.07. The van der Waals surface area contributed by atoms with Crippen molar-refractivity contribution in [2.45, 2.75) is 25.1 Å². The summed E-state index contributed by atoms with van der Waals surface area (Å²) in [6, 6.07) is 5.94. The number of alkyl halides is 3. The molecule has 1 fully saturated rings. The minimum Gasteiger partial charge on any atom is -0.454 e. The molecule has 0 aromatic heterocycles. The summed E-state index contributed by atoms with van der Waals surface area (Å²) in [5.74, 6) is -3.28. The molecule has 0 bridgehead atoms. The summed E-state index contributed by atoms with van der Waals surface area (Å²) in [6.07, 6.45) is -2.73. The average molecular weight is 449 g/mol. The van der Waals surface area contributed by atoms with Crippen LogP contribution in [0.1, 0.15) is 12.8 Å². The molecule has 1 amide bonds. The predicted octanol–water partition coefficient (Wildman–Crippen LogP) is 3.04. The smallest absolute Gasteiger partial charge is 0.454 e. The number of carbonyl (C=O) groups is 3. The number of esters is 1. The Morgan fingerprint density at radius 1 is 1.26 bits per heavy atom. The van der Waals surface area contributed by atoms with E-state index in [1.54, 1.807) is 24.3 Å². The molecule has 1 aromatic carbocycles. The minimum absolute atomic E-state index is 0.312. The summed E-state index contributed by atoms with van der Waals surface area (Å²) < 4.78 is 42.5. The number of rotatable bonds is 6. The highest BCUT2D eigenvalue weighted by molar-refractivity contribution is 9.10. The number of nitrogens with one attached hydrogen (secondary N) is 1. The number of halogens is 4. The molecule has 0 saturated carbocycles. The molecule has 0 radical (unpaired) electrons. The summed E-state index contributed by atoms with van der Waals surface area (Å²) in [5.41, 5.74) is 0.523. The topological polar surface area (TPSA) is 75.7 Å². The van der Waals surface area contributed by atoms with Gasteiger partial charge in [-0.05, 0) is 37.1 Å². The van der Waals surface area contributed by atoms with E-state index in [1.807, 2.05) is 0 Å². The highest BCUT2D eigenvalue weighted by atomic mass is 79.9. The van der Waals surface area contributed by atoms with Crippen LogP contribution >= 0.6 is 15.9 Å². The number of ether oxygens (including phenoxy) is 1. The molecule has 1 heterocycles. The van der Waals surface area contributed by atoms with Crippen molar-refractivity contribution < 1.29 is 32.3 Å². The van der Waals surface area contributed by atoms with Gasteiger partial charge >= 0.3 is 12.1 Å². The number of anilines is 1. The number of amides is 1. The Morgan fingerprint density at radius 3 is 2.56 bits per heavy atom. The Kier molecular flexibility index (Phi) is 7.00. The normalized spacial score (nSPS) is 17.2. The molecule has 1 atom stereocenters. The molecule has 146 valence electrons. The van der Waals surface area contributed by atoms with Gasteiger partial charge in [-0.15, -0.1) is 0 Å². The second-order valence-corrected chi connectivity index (χ2v) is 6.65. The Bertz CT molecular complexity index is 735. The van der Waals surface area contributed by atoms with Crippen molar-refractivity contribution in [1.29, 1.82) is 0 Å². The Labute approximate surface area is 161 Å². The summed E-state index contributed by atoms with van der Waals surface area (Å²) in [4.78, 5) is 36.1. The molecule has 1 aliphatic rings. The molecule has 10 heteroatoms. The number of carbonyl (C=O) groups excluding carboxylic acids is 3. The van der Waals surface area contributed by atoms with Crippen LogP contribution in [0.2, 0.25) is 0 Å². The van der Waals surface area contributed by atoms with Gasteiger partial charge in [0, 0.05) is 29.0 Å². The van der Waals surface area contributed by atoms with Gasteiger partial charge < -0.3 is 15.0 Å². The maximum absolute atomic E-state index is 12.2. The van der Waals surface area contributed by atoms with Crippen molar-refractivity contribution in [3.63, 3.8) is 0 Å². The number of nitrogens with zero attached hydrogens (tertiary/aromatic N) is 1. The van der Waals surface area contributed by atoms with Crippen molar-refractivity contribution in [2.24, 2.45) is 0 Å². The van der Waals surface area contributed by atoms with E-state index in [1.165, 1.54) is 4.90 Å². The van der Waals surface area contributed by atoms with E-state index in [9.17, 15) is 27.6 Å². The zero-order chi connectivity index (χ0) is 20.0. The zero-order valence-electron chi connectivity index (χ0n) is 14.0. The van der Waals surface area contributed by atoms with Crippen LogP contribution in [0.3, 0.4) is 0 Å². The third kappa shape index (κ3) is 6.38. The molecule has 2 rings (SSSR count). The van der Waals surface area contributed by atoms with Gasteiger partial charge in [0.05, 0.1) is 0 Å². The first-order valence-corrected chi connectivity index (χ1v) is 8.73. The Balaban J connectivity index is 1.85. The fourth-order valence-electron chi connectivity index (χ4n) is 2.44. The zero-order valence-corrected chi connectivity index (χ0v) is 15.5. The molecule has 6 nitrogen and oxygen atoms in total. The molecule has 1 unspecified atom stereocenters. The van der Waals surface area contributed by atoms with Crippen LogP contribution in [-0.4, -0.2) is 47.9 Å². The second-order valence-electron chi connectivity index (χ2n) is 5.74. The third-order valence-electron chi connectivity index (χ3n) is 3.74. The molecule has 0 aliphatic carbocycles. The van der Waals surface area contributed by atoms with Gasteiger partial charge in [-0.3, -0.25) is 9.59 Å². The molecule has 27 heavy (non-hydrogen) atoms. The number of ketones is 1. The minimum atomic E-state index is -4.96. The molecule has 1 aliphatic heterocycles. The van der Waals surface area contributed by atoms with Gasteiger partial charge in [-0.1, -0.05) is 15.9 Å². The molecular formula is C17H16BrF3N2O4. The first-order chi connectivity index (χ1) is 12.7. The summed E-state index contributed by atoms with van der Waals surface area (Å²) in [7, 11) is 0. The maximum atomic E-state index is 12.2. The highest BCUT2D eigenvalue weighted by Gasteiger charge is 2.37. The number of allylic oxidation sites excluding steroid dienone is 1. The largest absolute Gasteiger partial charge is 0.454 e. The van der Waals surface area contributed by atoms with Crippen molar-refractivity contribution >= 4 is 39.3 Å². The van der Waals surface area contributed by atoms with Crippen LogP contribution < -0.4 is 5.32 Å². The maximum Gasteiger partial charge on any atom is 0.454 e. The van der Waals surface area contributed by atoms with Crippen molar-refractivity contribution in [2.75, 3.05) is 18.5 Å². The Hall–Kier alpha value is -2.36. The Morgan fingerprint density at radius 2 is 1.93 bits per heavy atom. The van der Waals surface area contributed by atoms with Crippen molar-refractivity contribution in [3.8, 4) is 0 Å². The lowest BCUT2D eigenvalue weighted by atomic mass is 10.2. The molecule has 0 spiro atoms. The second kappa shape index (κ2) is 9.03. The van der Waals surface area contributed by atoms with Gasteiger partial charge in [0.1, 0.15) is 6.04 Å².